The average Bonchev–Trinajstić information content (AvgIpc) is 2.82. The summed E-state index contributed by atoms with van der Waals surface area (Å²) in [5.74, 6) is 0.486. The molecule has 1 saturated heterocycles. The zero-order valence-corrected chi connectivity index (χ0v) is 19.1. The Morgan fingerprint density at radius 3 is 2.67 bits per heavy atom. The lowest BCUT2D eigenvalue weighted by Crippen LogP contribution is -2.47. The first kappa shape index (κ1) is 22.6. The second-order valence-electron chi connectivity index (χ2n) is 8.43. The molecule has 0 unspecified atom stereocenters. The fourth-order valence-electron chi connectivity index (χ4n) is 4.05. The van der Waals surface area contributed by atoms with Crippen LogP contribution in [0, 0.1) is 13.8 Å². The molecule has 174 valence electrons. The number of hydrogen-bond acceptors (Lipinski definition) is 5. The largest absolute Gasteiger partial charge is 0.483 e. The number of nitrogens with one attached hydrogen (secondary N) is 1. The van der Waals surface area contributed by atoms with Gasteiger partial charge in [-0.25, -0.2) is 0 Å². The third-order valence-corrected chi connectivity index (χ3v) is 6.10. The number of benzene rings is 2. The summed E-state index contributed by atoms with van der Waals surface area (Å²) in [5.41, 5.74) is 3.05. The van der Waals surface area contributed by atoms with Crippen LogP contribution < -0.4 is 19.7 Å². The Balaban J connectivity index is 1.43. The molecule has 0 aliphatic carbocycles. The molecule has 8 heteroatoms. The van der Waals surface area contributed by atoms with Crippen molar-refractivity contribution in [2.45, 2.75) is 33.1 Å². The molecule has 0 spiro atoms. The van der Waals surface area contributed by atoms with Crippen LogP contribution in [0.5, 0.6) is 11.5 Å². The minimum atomic E-state index is -0.324. The SMILES string of the molecule is Cc1cccc(OCC(=O)Nc2ccc3c(c2)N(CC(=O)N2CCCCC2)C(=O)CO3)c1C. The van der Waals surface area contributed by atoms with E-state index in [9.17, 15) is 14.4 Å². The zero-order valence-electron chi connectivity index (χ0n) is 19.1. The summed E-state index contributed by atoms with van der Waals surface area (Å²) in [6.45, 7) is 5.08. The fourth-order valence-corrected chi connectivity index (χ4v) is 4.05. The molecular weight excluding hydrogens is 422 g/mol. The topological polar surface area (TPSA) is 88.2 Å². The van der Waals surface area contributed by atoms with Crippen molar-refractivity contribution in [1.82, 2.24) is 4.90 Å². The Morgan fingerprint density at radius 2 is 1.88 bits per heavy atom. The van der Waals surface area contributed by atoms with Crippen molar-refractivity contribution in [2.75, 3.05) is 43.1 Å². The van der Waals surface area contributed by atoms with Crippen molar-refractivity contribution in [3.8, 4) is 11.5 Å². The van der Waals surface area contributed by atoms with Gasteiger partial charge in [-0.1, -0.05) is 12.1 Å². The number of likely N-dealkylation sites (tertiary alicyclic amines) is 1. The van der Waals surface area contributed by atoms with Gasteiger partial charge in [0.15, 0.2) is 13.2 Å². The first-order valence-electron chi connectivity index (χ1n) is 11.3. The molecule has 0 saturated carbocycles. The number of hydrogen-bond donors (Lipinski definition) is 1. The summed E-state index contributed by atoms with van der Waals surface area (Å²) in [5, 5.41) is 2.80. The van der Waals surface area contributed by atoms with Crippen LogP contribution in [0.1, 0.15) is 30.4 Å². The van der Waals surface area contributed by atoms with Crippen LogP contribution in [0.3, 0.4) is 0 Å². The number of ether oxygens (including phenoxy) is 2. The fraction of sp³-hybridized carbons (Fsp3) is 0.400. The van der Waals surface area contributed by atoms with Gasteiger partial charge in [0.1, 0.15) is 18.0 Å². The van der Waals surface area contributed by atoms with Crippen molar-refractivity contribution in [2.24, 2.45) is 0 Å². The van der Waals surface area contributed by atoms with E-state index in [1.54, 1.807) is 18.2 Å². The van der Waals surface area contributed by atoms with E-state index in [1.807, 2.05) is 36.9 Å². The quantitative estimate of drug-likeness (QED) is 0.729. The van der Waals surface area contributed by atoms with Crippen molar-refractivity contribution in [3.63, 3.8) is 0 Å². The average molecular weight is 452 g/mol. The highest BCUT2D eigenvalue weighted by atomic mass is 16.5. The normalized spacial score (nSPS) is 15.5. The van der Waals surface area contributed by atoms with Gasteiger partial charge in [-0.05, 0) is 68.5 Å². The van der Waals surface area contributed by atoms with Gasteiger partial charge in [0.2, 0.25) is 5.91 Å². The second-order valence-corrected chi connectivity index (χ2v) is 8.43. The number of rotatable bonds is 6. The number of carbonyl (C=O) groups is 3. The van der Waals surface area contributed by atoms with Gasteiger partial charge >= 0.3 is 0 Å². The Bertz CT molecular complexity index is 1060. The lowest BCUT2D eigenvalue weighted by atomic mass is 10.1. The molecule has 4 rings (SSSR count). The molecule has 2 aromatic carbocycles. The Labute approximate surface area is 193 Å². The number of amides is 3. The van der Waals surface area contributed by atoms with Crippen LogP contribution >= 0.6 is 0 Å². The summed E-state index contributed by atoms with van der Waals surface area (Å²) >= 11 is 0. The maximum atomic E-state index is 12.8. The molecule has 33 heavy (non-hydrogen) atoms. The first-order valence-corrected chi connectivity index (χ1v) is 11.3. The van der Waals surface area contributed by atoms with Crippen molar-refractivity contribution in [3.05, 3.63) is 47.5 Å². The molecule has 0 aromatic heterocycles. The number of piperidine rings is 1. The van der Waals surface area contributed by atoms with Gasteiger partial charge < -0.3 is 19.7 Å². The second kappa shape index (κ2) is 9.94. The highest BCUT2D eigenvalue weighted by molar-refractivity contribution is 6.03. The minimum absolute atomic E-state index is 0.0393. The van der Waals surface area contributed by atoms with E-state index in [-0.39, 0.29) is 37.5 Å². The van der Waals surface area contributed by atoms with Crippen molar-refractivity contribution in [1.29, 1.82) is 0 Å². The van der Waals surface area contributed by atoms with E-state index >= 15 is 0 Å². The number of carbonyl (C=O) groups excluding carboxylic acids is 3. The van der Waals surface area contributed by atoms with Crippen LogP contribution in [0.2, 0.25) is 0 Å². The maximum absolute atomic E-state index is 12.8. The molecular formula is C25H29N3O5. The molecule has 1 N–H and O–H groups in total. The number of anilines is 2. The molecule has 2 aliphatic rings. The van der Waals surface area contributed by atoms with E-state index in [0.29, 0.717) is 22.9 Å². The summed E-state index contributed by atoms with van der Waals surface area (Å²) in [4.78, 5) is 41.0. The van der Waals surface area contributed by atoms with E-state index in [0.717, 1.165) is 43.5 Å². The summed E-state index contributed by atoms with van der Waals surface area (Å²) in [6, 6.07) is 10.8. The monoisotopic (exact) mass is 451 g/mol. The number of aryl methyl sites for hydroxylation is 1. The summed E-state index contributed by atoms with van der Waals surface area (Å²) in [6.07, 6.45) is 3.10. The van der Waals surface area contributed by atoms with E-state index in [2.05, 4.69) is 5.32 Å². The summed E-state index contributed by atoms with van der Waals surface area (Å²) < 4.78 is 11.2. The zero-order chi connectivity index (χ0) is 23.4. The van der Waals surface area contributed by atoms with Gasteiger partial charge in [-0.15, -0.1) is 0 Å². The van der Waals surface area contributed by atoms with Crippen LogP contribution in [-0.2, 0) is 14.4 Å². The van der Waals surface area contributed by atoms with Crippen LogP contribution in [-0.4, -0.2) is 55.5 Å². The molecule has 1 fully saturated rings. The number of nitrogens with zero attached hydrogens (tertiary/aromatic N) is 2. The van der Waals surface area contributed by atoms with Crippen LogP contribution in [0.15, 0.2) is 36.4 Å². The predicted molar refractivity (Wildman–Crippen MR) is 125 cm³/mol. The van der Waals surface area contributed by atoms with Crippen LogP contribution in [0.25, 0.3) is 0 Å². The summed E-state index contributed by atoms with van der Waals surface area (Å²) in [7, 11) is 0. The maximum Gasteiger partial charge on any atom is 0.265 e. The highest BCUT2D eigenvalue weighted by Gasteiger charge is 2.29. The minimum Gasteiger partial charge on any atom is -0.483 e. The molecule has 2 aliphatic heterocycles. The molecule has 8 nitrogen and oxygen atoms in total. The smallest absolute Gasteiger partial charge is 0.265 e. The third-order valence-electron chi connectivity index (χ3n) is 6.10. The van der Waals surface area contributed by atoms with Gasteiger partial charge in [-0.3, -0.25) is 19.3 Å². The highest BCUT2D eigenvalue weighted by Crippen LogP contribution is 2.34. The molecule has 0 radical (unpaired) electrons. The predicted octanol–water partition coefficient (Wildman–Crippen LogP) is 3.06. The van der Waals surface area contributed by atoms with Gasteiger partial charge in [0.25, 0.3) is 11.8 Å². The molecule has 3 amide bonds. The van der Waals surface area contributed by atoms with Gasteiger partial charge in [0.05, 0.1) is 5.69 Å². The first-order chi connectivity index (χ1) is 15.9. The van der Waals surface area contributed by atoms with Gasteiger partial charge in [0, 0.05) is 18.8 Å². The standard InChI is InChI=1S/C25H29N3O5/c1-17-7-6-8-21(18(17)2)32-15-23(29)26-19-9-10-22-20(13-19)28(25(31)16-33-22)14-24(30)27-11-4-3-5-12-27/h6-10,13H,3-5,11-12,14-16H2,1-2H3,(H,26,29). The molecule has 2 aromatic rings. The third kappa shape index (κ3) is 5.27. The number of fused-ring (bicyclic) bond motifs is 1. The Kier molecular flexibility index (Phi) is 6.82. The van der Waals surface area contributed by atoms with Crippen molar-refractivity contribution >= 4 is 29.1 Å². The van der Waals surface area contributed by atoms with Crippen molar-refractivity contribution < 1.29 is 23.9 Å². The van der Waals surface area contributed by atoms with E-state index < -0.39 is 0 Å². The van der Waals surface area contributed by atoms with Crippen LogP contribution in [0.4, 0.5) is 11.4 Å². The van der Waals surface area contributed by atoms with E-state index in [4.69, 9.17) is 9.47 Å². The van der Waals surface area contributed by atoms with E-state index in [1.165, 1.54) is 4.90 Å². The Hall–Kier alpha value is -3.55. The molecule has 0 atom stereocenters. The lowest BCUT2D eigenvalue weighted by molar-refractivity contribution is -0.132. The molecule has 2 heterocycles. The molecule has 0 bridgehead atoms. The lowest BCUT2D eigenvalue weighted by Gasteiger charge is -2.33. The van der Waals surface area contributed by atoms with Gasteiger partial charge in [-0.2, -0.15) is 0 Å². The Morgan fingerprint density at radius 1 is 1.09 bits per heavy atom.